The smallest absolute Gasteiger partial charge is 0.222 e. The van der Waals surface area contributed by atoms with Crippen LogP contribution in [0, 0.1) is 5.92 Å². The van der Waals surface area contributed by atoms with Gasteiger partial charge in [0.05, 0.1) is 0 Å². The maximum Gasteiger partial charge on any atom is 0.222 e. The maximum absolute atomic E-state index is 12.0. The zero-order valence-corrected chi connectivity index (χ0v) is 21.6. The highest BCUT2D eigenvalue weighted by molar-refractivity contribution is 5.76. The average Bonchev–Trinajstić information content (AvgIpc) is 3.31. The summed E-state index contributed by atoms with van der Waals surface area (Å²) in [4.78, 5) is 14.1. The van der Waals surface area contributed by atoms with Gasteiger partial charge in [-0.05, 0) is 25.2 Å². The summed E-state index contributed by atoms with van der Waals surface area (Å²) in [7, 11) is 0. The summed E-state index contributed by atoms with van der Waals surface area (Å²) in [5.74, 6) is 1.36. The Morgan fingerprint density at radius 3 is 1.45 bits per heavy atom. The minimum absolute atomic E-state index is 0.407. The van der Waals surface area contributed by atoms with Gasteiger partial charge in [0.15, 0.2) is 0 Å². The lowest BCUT2D eigenvalue weighted by Crippen LogP contribution is -2.27. The molecule has 1 aliphatic rings. The van der Waals surface area contributed by atoms with Crippen molar-refractivity contribution in [2.75, 3.05) is 13.1 Å². The number of hydrogen-bond donors (Lipinski definition) is 0. The topological polar surface area (TPSA) is 20.3 Å². The van der Waals surface area contributed by atoms with Crippen LogP contribution in [-0.2, 0) is 4.79 Å². The average molecular weight is 436 g/mol. The van der Waals surface area contributed by atoms with Gasteiger partial charge in [-0.1, -0.05) is 136 Å². The second-order valence-corrected chi connectivity index (χ2v) is 10.5. The van der Waals surface area contributed by atoms with Crippen LogP contribution in [0.1, 0.15) is 162 Å². The van der Waals surface area contributed by atoms with Crippen molar-refractivity contribution in [1.82, 2.24) is 4.90 Å². The molecule has 0 radical (unpaired) electrons. The molecule has 31 heavy (non-hydrogen) atoms. The quantitative estimate of drug-likeness (QED) is 0.155. The molecule has 1 fully saturated rings. The van der Waals surface area contributed by atoms with Gasteiger partial charge in [0.1, 0.15) is 0 Å². The molecule has 0 aliphatic carbocycles. The molecular weight excluding hydrogens is 378 g/mol. The zero-order chi connectivity index (χ0) is 22.4. The van der Waals surface area contributed by atoms with E-state index in [1.165, 1.54) is 135 Å². The Morgan fingerprint density at radius 1 is 0.613 bits per heavy atom. The van der Waals surface area contributed by atoms with E-state index >= 15 is 0 Å². The normalized spacial score (nSPS) is 15.0. The number of carbonyl (C=O) groups excluding carboxylic acids is 1. The molecule has 0 aromatic heterocycles. The Hall–Kier alpha value is -0.530. The third-order valence-corrected chi connectivity index (χ3v) is 7.35. The molecule has 1 amide bonds. The van der Waals surface area contributed by atoms with E-state index < -0.39 is 0 Å². The summed E-state index contributed by atoms with van der Waals surface area (Å²) in [6.45, 7) is 6.79. The lowest BCUT2D eigenvalue weighted by atomic mass is 9.96. The number of amides is 1. The zero-order valence-electron chi connectivity index (χ0n) is 21.6. The van der Waals surface area contributed by atoms with E-state index in [2.05, 4.69) is 18.7 Å². The molecular formula is C29H57NO. The van der Waals surface area contributed by atoms with Crippen LogP contribution >= 0.6 is 0 Å². The van der Waals surface area contributed by atoms with Crippen LogP contribution in [0.2, 0.25) is 0 Å². The number of likely N-dealkylation sites (tertiary alicyclic amines) is 1. The van der Waals surface area contributed by atoms with Gasteiger partial charge in [-0.2, -0.15) is 0 Å². The monoisotopic (exact) mass is 435 g/mol. The summed E-state index contributed by atoms with van der Waals surface area (Å²) in [5, 5.41) is 0. The van der Waals surface area contributed by atoms with Gasteiger partial charge < -0.3 is 4.90 Å². The Balaban J connectivity index is 1.71. The van der Waals surface area contributed by atoms with Crippen LogP contribution in [-0.4, -0.2) is 23.9 Å². The second-order valence-electron chi connectivity index (χ2n) is 10.5. The predicted octanol–water partition coefficient (Wildman–Crippen LogP) is 9.46. The minimum Gasteiger partial charge on any atom is -0.343 e. The fourth-order valence-electron chi connectivity index (χ4n) is 5.08. The molecule has 1 aliphatic heterocycles. The highest BCUT2D eigenvalue weighted by atomic mass is 16.2. The van der Waals surface area contributed by atoms with Crippen molar-refractivity contribution in [1.29, 1.82) is 0 Å². The van der Waals surface area contributed by atoms with Crippen LogP contribution in [0.5, 0.6) is 0 Å². The van der Waals surface area contributed by atoms with Gasteiger partial charge in [-0.15, -0.1) is 0 Å². The van der Waals surface area contributed by atoms with Crippen LogP contribution in [0.4, 0.5) is 0 Å². The van der Waals surface area contributed by atoms with E-state index in [0.29, 0.717) is 5.91 Å². The number of nitrogens with zero attached hydrogens (tertiary/aromatic N) is 1. The van der Waals surface area contributed by atoms with E-state index in [4.69, 9.17) is 0 Å². The first kappa shape index (κ1) is 28.5. The first-order valence-corrected chi connectivity index (χ1v) is 14.5. The Bertz CT molecular complexity index is 388. The third kappa shape index (κ3) is 17.7. The molecule has 1 saturated heterocycles. The largest absolute Gasteiger partial charge is 0.343 e. The van der Waals surface area contributed by atoms with Gasteiger partial charge in [0, 0.05) is 19.5 Å². The highest BCUT2D eigenvalue weighted by Crippen LogP contribution is 2.19. The SMILES string of the molecule is CCCCCCCC(C)CCCCCCCCCCCCCCCC(=O)N1CCCC1. The Morgan fingerprint density at radius 2 is 1.00 bits per heavy atom. The lowest BCUT2D eigenvalue weighted by Gasteiger charge is -2.14. The van der Waals surface area contributed by atoms with E-state index in [1.807, 2.05) is 0 Å². The van der Waals surface area contributed by atoms with Gasteiger partial charge in [-0.3, -0.25) is 4.79 Å². The van der Waals surface area contributed by atoms with Crippen molar-refractivity contribution < 1.29 is 4.79 Å². The fourth-order valence-corrected chi connectivity index (χ4v) is 5.08. The van der Waals surface area contributed by atoms with Crippen LogP contribution in [0.3, 0.4) is 0 Å². The van der Waals surface area contributed by atoms with Crippen molar-refractivity contribution in [3.8, 4) is 0 Å². The number of hydrogen-bond acceptors (Lipinski definition) is 1. The van der Waals surface area contributed by atoms with Crippen LogP contribution in [0.15, 0.2) is 0 Å². The van der Waals surface area contributed by atoms with Crippen molar-refractivity contribution in [3.05, 3.63) is 0 Å². The molecule has 1 atom stereocenters. The minimum atomic E-state index is 0.407. The molecule has 2 heteroatoms. The third-order valence-electron chi connectivity index (χ3n) is 7.35. The van der Waals surface area contributed by atoms with E-state index in [0.717, 1.165) is 31.8 Å². The molecule has 0 bridgehead atoms. The van der Waals surface area contributed by atoms with E-state index in [1.54, 1.807) is 0 Å². The summed E-state index contributed by atoms with van der Waals surface area (Å²) in [6, 6.07) is 0. The van der Waals surface area contributed by atoms with Gasteiger partial charge in [0.2, 0.25) is 5.91 Å². The number of rotatable bonds is 22. The van der Waals surface area contributed by atoms with E-state index in [-0.39, 0.29) is 0 Å². The van der Waals surface area contributed by atoms with Crippen molar-refractivity contribution in [2.45, 2.75) is 162 Å². The fraction of sp³-hybridized carbons (Fsp3) is 0.966. The molecule has 184 valence electrons. The molecule has 1 heterocycles. The molecule has 0 N–H and O–H groups in total. The van der Waals surface area contributed by atoms with Crippen LogP contribution < -0.4 is 0 Å². The van der Waals surface area contributed by atoms with Gasteiger partial charge >= 0.3 is 0 Å². The maximum atomic E-state index is 12.0. The lowest BCUT2D eigenvalue weighted by molar-refractivity contribution is -0.130. The van der Waals surface area contributed by atoms with Gasteiger partial charge in [-0.25, -0.2) is 0 Å². The molecule has 0 aromatic carbocycles. The molecule has 1 unspecified atom stereocenters. The summed E-state index contributed by atoms with van der Waals surface area (Å²) < 4.78 is 0. The summed E-state index contributed by atoms with van der Waals surface area (Å²) >= 11 is 0. The first-order valence-electron chi connectivity index (χ1n) is 14.5. The van der Waals surface area contributed by atoms with Gasteiger partial charge in [0.25, 0.3) is 0 Å². The van der Waals surface area contributed by atoms with Crippen molar-refractivity contribution >= 4 is 5.91 Å². The molecule has 0 spiro atoms. The standard InChI is InChI=1S/C29H57NO/c1-3-4-5-15-18-23-28(2)24-19-16-13-11-9-7-6-8-10-12-14-17-20-25-29(31)30-26-21-22-27-30/h28H,3-27H2,1-2H3. The molecule has 0 aromatic rings. The molecule has 1 rings (SSSR count). The summed E-state index contributed by atoms with van der Waals surface area (Å²) in [6.07, 6.45) is 31.3. The van der Waals surface area contributed by atoms with E-state index in [9.17, 15) is 4.79 Å². The molecule has 2 nitrogen and oxygen atoms in total. The van der Waals surface area contributed by atoms with Crippen LogP contribution in [0.25, 0.3) is 0 Å². The number of carbonyl (C=O) groups is 1. The number of unbranched alkanes of at least 4 members (excludes halogenated alkanes) is 16. The van der Waals surface area contributed by atoms with Crippen molar-refractivity contribution in [3.63, 3.8) is 0 Å². The molecule has 0 saturated carbocycles. The van der Waals surface area contributed by atoms with Crippen molar-refractivity contribution in [2.24, 2.45) is 5.92 Å². The summed E-state index contributed by atoms with van der Waals surface area (Å²) in [5.41, 5.74) is 0. The predicted molar refractivity (Wildman–Crippen MR) is 138 cm³/mol. The Labute approximate surface area is 196 Å². The highest BCUT2D eigenvalue weighted by Gasteiger charge is 2.16. The second kappa shape index (κ2) is 21.3. The first-order chi connectivity index (χ1) is 15.2. The Kier molecular flexibility index (Phi) is 19.6.